The molecule has 0 atom stereocenters. The molecule has 0 spiro atoms. The standard InChI is InChI=1S/C11H8BrF5O2/c12-8-1-2-9(13)7(10(8)14)3-6(18)4-19-5-11(15,16)17/h1-2H,3-5H2. The summed E-state index contributed by atoms with van der Waals surface area (Å²) in [4.78, 5) is 11.3. The lowest BCUT2D eigenvalue weighted by Crippen LogP contribution is -2.21. The number of alkyl halides is 3. The molecule has 0 saturated heterocycles. The van der Waals surface area contributed by atoms with Crippen molar-refractivity contribution in [1.29, 1.82) is 0 Å². The van der Waals surface area contributed by atoms with Crippen LogP contribution in [0.5, 0.6) is 0 Å². The lowest BCUT2D eigenvalue weighted by atomic mass is 10.1. The average molecular weight is 347 g/mol. The number of halogens is 6. The van der Waals surface area contributed by atoms with E-state index in [4.69, 9.17) is 0 Å². The molecule has 1 rings (SSSR count). The van der Waals surface area contributed by atoms with Crippen LogP contribution in [-0.2, 0) is 16.0 Å². The second-order valence-electron chi connectivity index (χ2n) is 3.65. The van der Waals surface area contributed by atoms with E-state index < -0.39 is 48.8 Å². The fraction of sp³-hybridized carbons (Fsp3) is 0.364. The Morgan fingerprint density at radius 2 is 1.89 bits per heavy atom. The third-order valence-corrected chi connectivity index (χ3v) is 2.65. The van der Waals surface area contributed by atoms with Gasteiger partial charge in [-0.1, -0.05) is 0 Å². The lowest BCUT2D eigenvalue weighted by molar-refractivity contribution is -0.175. The summed E-state index contributed by atoms with van der Waals surface area (Å²) in [5, 5.41) is 0. The van der Waals surface area contributed by atoms with Crippen LogP contribution in [0.15, 0.2) is 16.6 Å². The van der Waals surface area contributed by atoms with Gasteiger partial charge < -0.3 is 4.74 Å². The van der Waals surface area contributed by atoms with E-state index in [1.54, 1.807) is 0 Å². The zero-order valence-electron chi connectivity index (χ0n) is 9.36. The van der Waals surface area contributed by atoms with Gasteiger partial charge in [0.1, 0.15) is 24.8 Å². The van der Waals surface area contributed by atoms with E-state index in [2.05, 4.69) is 20.7 Å². The van der Waals surface area contributed by atoms with E-state index in [-0.39, 0.29) is 4.47 Å². The molecular formula is C11H8BrF5O2. The number of Topliss-reactive ketones (excluding diaryl/α,β-unsaturated/α-hetero) is 1. The van der Waals surface area contributed by atoms with Gasteiger partial charge in [0.25, 0.3) is 0 Å². The van der Waals surface area contributed by atoms with E-state index >= 15 is 0 Å². The highest BCUT2D eigenvalue weighted by atomic mass is 79.9. The molecule has 0 aliphatic carbocycles. The Kier molecular flexibility index (Phi) is 5.42. The minimum Gasteiger partial charge on any atom is -0.364 e. The zero-order valence-corrected chi connectivity index (χ0v) is 10.9. The Labute approximate surface area is 113 Å². The number of benzene rings is 1. The molecule has 0 aliphatic heterocycles. The maximum Gasteiger partial charge on any atom is 0.411 e. The fourth-order valence-corrected chi connectivity index (χ4v) is 1.63. The molecule has 0 amide bonds. The molecule has 0 heterocycles. The second kappa shape index (κ2) is 6.42. The first-order valence-corrected chi connectivity index (χ1v) is 5.78. The van der Waals surface area contributed by atoms with Crippen LogP contribution >= 0.6 is 15.9 Å². The monoisotopic (exact) mass is 346 g/mol. The highest BCUT2D eigenvalue weighted by Gasteiger charge is 2.28. The largest absolute Gasteiger partial charge is 0.411 e. The van der Waals surface area contributed by atoms with Gasteiger partial charge in [-0.15, -0.1) is 0 Å². The van der Waals surface area contributed by atoms with Crippen LogP contribution in [0.25, 0.3) is 0 Å². The molecular weight excluding hydrogens is 339 g/mol. The molecule has 0 N–H and O–H groups in total. The van der Waals surface area contributed by atoms with Crippen LogP contribution in [0.1, 0.15) is 5.56 Å². The summed E-state index contributed by atoms with van der Waals surface area (Å²) in [6, 6.07) is 2.07. The van der Waals surface area contributed by atoms with Gasteiger partial charge in [0, 0.05) is 12.0 Å². The summed E-state index contributed by atoms with van der Waals surface area (Å²) in [6.45, 7) is -2.44. The van der Waals surface area contributed by atoms with Crippen molar-refractivity contribution < 1.29 is 31.5 Å². The SMILES string of the molecule is O=C(COCC(F)(F)F)Cc1c(F)ccc(Br)c1F. The summed E-state index contributed by atoms with van der Waals surface area (Å²) in [7, 11) is 0. The van der Waals surface area contributed by atoms with Crippen LogP contribution in [-0.4, -0.2) is 25.2 Å². The molecule has 0 fully saturated rings. The molecule has 1 aromatic carbocycles. The van der Waals surface area contributed by atoms with E-state index in [1.807, 2.05) is 0 Å². The highest BCUT2D eigenvalue weighted by molar-refractivity contribution is 9.10. The van der Waals surface area contributed by atoms with Crippen LogP contribution in [0.4, 0.5) is 22.0 Å². The van der Waals surface area contributed by atoms with E-state index in [0.29, 0.717) is 0 Å². The summed E-state index contributed by atoms with van der Waals surface area (Å²) < 4.78 is 66.1. The summed E-state index contributed by atoms with van der Waals surface area (Å²) in [5.74, 6) is -2.74. The molecule has 106 valence electrons. The zero-order chi connectivity index (χ0) is 14.6. The van der Waals surface area contributed by atoms with E-state index in [1.165, 1.54) is 0 Å². The Bertz CT molecular complexity index is 473. The van der Waals surface area contributed by atoms with Crippen LogP contribution in [0, 0.1) is 11.6 Å². The van der Waals surface area contributed by atoms with Crippen LogP contribution < -0.4 is 0 Å². The molecule has 0 radical (unpaired) electrons. The number of carbonyl (C=O) groups excluding carboxylic acids is 1. The van der Waals surface area contributed by atoms with Crippen LogP contribution in [0.3, 0.4) is 0 Å². The van der Waals surface area contributed by atoms with Gasteiger partial charge in [-0.25, -0.2) is 8.78 Å². The van der Waals surface area contributed by atoms with Crippen molar-refractivity contribution in [2.24, 2.45) is 0 Å². The summed E-state index contributed by atoms with van der Waals surface area (Å²) in [6.07, 6.45) is -5.22. The molecule has 0 bridgehead atoms. The Balaban J connectivity index is 2.61. The van der Waals surface area contributed by atoms with Gasteiger partial charge in [0.15, 0.2) is 5.78 Å². The van der Waals surface area contributed by atoms with Crippen LogP contribution in [0.2, 0.25) is 0 Å². The van der Waals surface area contributed by atoms with E-state index in [0.717, 1.165) is 12.1 Å². The lowest BCUT2D eigenvalue weighted by Gasteiger charge is -2.08. The number of hydrogen-bond acceptors (Lipinski definition) is 2. The predicted molar refractivity (Wildman–Crippen MR) is 59.6 cm³/mol. The normalized spacial score (nSPS) is 11.7. The van der Waals surface area contributed by atoms with Gasteiger partial charge in [-0.05, 0) is 28.1 Å². The van der Waals surface area contributed by atoms with Crippen molar-refractivity contribution in [3.8, 4) is 0 Å². The average Bonchev–Trinajstić information content (AvgIpc) is 2.28. The maximum atomic E-state index is 13.5. The number of ether oxygens (including phenoxy) is 1. The van der Waals surface area contributed by atoms with Gasteiger partial charge in [0.2, 0.25) is 0 Å². The van der Waals surface area contributed by atoms with Crippen molar-refractivity contribution in [2.45, 2.75) is 12.6 Å². The van der Waals surface area contributed by atoms with Crippen molar-refractivity contribution in [3.63, 3.8) is 0 Å². The van der Waals surface area contributed by atoms with Crippen molar-refractivity contribution >= 4 is 21.7 Å². The highest BCUT2D eigenvalue weighted by Crippen LogP contribution is 2.22. The molecule has 0 unspecified atom stereocenters. The Morgan fingerprint density at radius 1 is 1.26 bits per heavy atom. The molecule has 1 aromatic rings. The number of hydrogen-bond donors (Lipinski definition) is 0. The third kappa shape index (κ3) is 5.23. The minimum absolute atomic E-state index is 0.0343. The Morgan fingerprint density at radius 3 is 2.47 bits per heavy atom. The maximum absolute atomic E-state index is 13.5. The number of rotatable bonds is 5. The minimum atomic E-state index is -4.55. The fourth-order valence-electron chi connectivity index (χ4n) is 1.26. The summed E-state index contributed by atoms with van der Waals surface area (Å²) in [5.41, 5.74) is -0.505. The summed E-state index contributed by atoms with van der Waals surface area (Å²) >= 11 is 2.82. The topological polar surface area (TPSA) is 26.3 Å². The smallest absolute Gasteiger partial charge is 0.364 e. The molecule has 0 aromatic heterocycles. The van der Waals surface area contributed by atoms with Gasteiger partial charge in [-0.3, -0.25) is 4.79 Å². The molecule has 0 saturated carbocycles. The third-order valence-electron chi connectivity index (χ3n) is 2.04. The Hall–Kier alpha value is -1.02. The van der Waals surface area contributed by atoms with Crippen molar-refractivity contribution in [3.05, 3.63) is 33.8 Å². The first-order chi connectivity index (χ1) is 8.70. The van der Waals surface area contributed by atoms with Gasteiger partial charge in [0.05, 0.1) is 4.47 Å². The molecule has 2 nitrogen and oxygen atoms in total. The van der Waals surface area contributed by atoms with E-state index in [9.17, 15) is 26.7 Å². The van der Waals surface area contributed by atoms with Gasteiger partial charge in [-0.2, -0.15) is 13.2 Å². The molecule has 0 aliphatic rings. The van der Waals surface area contributed by atoms with Gasteiger partial charge >= 0.3 is 6.18 Å². The first-order valence-electron chi connectivity index (χ1n) is 4.99. The number of carbonyl (C=O) groups is 1. The quantitative estimate of drug-likeness (QED) is 0.603. The van der Waals surface area contributed by atoms with Crippen molar-refractivity contribution in [2.75, 3.05) is 13.2 Å². The molecule has 19 heavy (non-hydrogen) atoms. The second-order valence-corrected chi connectivity index (χ2v) is 4.50. The first kappa shape index (κ1) is 16.0. The predicted octanol–water partition coefficient (Wildman–Crippen LogP) is 3.42. The van der Waals surface area contributed by atoms with Crippen molar-refractivity contribution in [1.82, 2.24) is 0 Å². The molecule has 8 heteroatoms. The number of ketones is 1.